The molecule has 2 aromatic rings. The molecule has 0 aliphatic carbocycles. The summed E-state index contributed by atoms with van der Waals surface area (Å²) in [4.78, 5) is 14.7. The van der Waals surface area contributed by atoms with E-state index < -0.39 is 0 Å². The normalized spacial score (nSPS) is 12.2. The molecule has 22 heavy (non-hydrogen) atoms. The van der Waals surface area contributed by atoms with E-state index in [1.165, 1.54) is 0 Å². The van der Waals surface area contributed by atoms with Crippen LogP contribution in [0.5, 0.6) is 0 Å². The van der Waals surface area contributed by atoms with Crippen LogP contribution >= 0.6 is 0 Å². The van der Waals surface area contributed by atoms with Gasteiger partial charge in [-0.3, -0.25) is 9.48 Å². The number of amides is 1. The summed E-state index contributed by atoms with van der Waals surface area (Å²) in [5, 5.41) is 13.4. The van der Waals surface area contributed by atoms with Crippen molar-refractivity contribution in [3.05, 3.63) is 53.3 Å². The Morgan fingerprint density at radius 3 is 2.59 bits per heavy atom. The second-order valence-electron chi connectivity index (χ2n) is 5.55. The zero-order valence-corrected chi connectivity index (χ0v) is 13.4. The van der Waals surface area contributed by atoms with Crippen molar-refractivity contribution in [1.29, 1.82) is 0 Å². The van der Waals surface area contributed by atoms with Gasteiger partial charge in [-0.15, -0.1) is 0 Å². The molecule has 0 spiro atoms. The Labute approximate surface area is 131 Å². The zero-order chi connectivity index (χ0) is 16.1. The summed E-state index contributed by atoms with van der Waals surface area (Å²) in [6, 6.07) is 9.84. The fraction of sp³-hybridized carbons (Fsp3) is 0.412. The molecule has 0 saturated heterocycles. The molecule has 118 valence electrons. The molecule has 1 N–H and O–H groups in total. The molecule has 2 rings (SSSR count). The standard InChI is InChI=1S/C17H23N3O2/c1-13(9-10-21)20(12-15-7-5-4-6-8-15)17(22)16-11-18-19(3)14(16)2/h4-8,11,13,21H,9-10,12H2,1-3H3. The number of aryl methyl sites for hydroxylation is 1. The lowest BCUT2D eigenvalue weighted by atomic mass is 10.1. The topological polar surface area (TPSA) is 58.4 Å². The van der Waals surface area contributed by atoms with Gasteiger partial charge in [-0.1, -0.05) is 30.3 Å². The van der Waals surface area contributed by atoms with E-state index in [1.54, 1.807) is 15.8 Å². The summed E-state index contributed by atoms with van der Waals surface area (Å²) in [5.74, 6) is -0.0459. The Bertz CT molecular complexity index is 622. The maximum Gasteiger partial charge on any atom is 0.257 e. The van der Waals surface area contributed by atoms with Crippen molar-refractivity contribution in [2.45, 2.75) is 32.9 Å². The van der Waals surface area contributed by atoms with Crippen LogP contribution in [0.15, 0.2) is 36.5 Å². The summed E-state index contributed by atoms with van der Waals surface area (Å²) in [6.07, 6.45) is 2.17. The van der Waals surface area contributed by atoms with Gasteiger partial charge in [0, 0.05) is 31.9 Å². The first-order valence-corrected chi connectivity index (χ1v) is 7.49. The average Bonchev–Trinajstić information content (AvgIpc) is 2.85. The second kappa shape index (κ2) is 7.22. The lowest BCUT2D eigenvalue weighted by molar-refractivity contribution is 0.0647. The number of aliphatic hydroxyl groups is 1. The monoisotopic (exact) mass is 301 g/mol. The molecule has 0 saturated carbocycles. The number of aromatic nitrogens is 2. The van der Waals surface area contributed by atoms with Gasteiger partial charge in [0.05, 0.1) is 11.8 Å². The molecule has 0 aliphatic rings. The van der Waals surface area contributed by atoms with Crippen LogP contribution in [0.2, 0.25) is 0 Å². The molecule has 1 amide bonds. The number of carbonyl (C=O) groups excluding carboxylic acids is 1. The largest absolute Gasteiger partial charge is 0.396 e. The third-order valence-corrected chi connectivity index (χ3v) is 4.00. The SMILES string of the molecule is Cc1c(C(=O)N(Cc2ccccc2)C(C)CCO)cnn1C. The van der Waals surface area contributed by atoms with Gasteiger partial charge < -0.3 is 10.0 Å². The van der Waals surface area contributed by atoms with E-state index in [9.17, 15) is 9.90 Å². The molecule has 1 aromatic heterocycles. The predicted molar refractivity (Wildman–Crippen MR) is 85.4 cm³/mol. The van der Waals surface area contributed by atoms with Gasteiger partial charge in [0.25, 0.3) is 5.91 Å². The minimum atomic E-state index is -0.0459. The van der Waals surface area contributed by atoms with Gasteiger partial charge >= 0.3 is 0 Å². The maximum absolute atomic E-state index is 12.9. The minimum absolute atomic E-state index is 0.0442. The van der Waals surface area contributed by atoms with Gasteiger partial charge in [-0.2, -0.15) is 5.10 Å². The summed E-state index contributed by atoms with van der Waals surface area (Å²) in [7, 11) is 1.82. The van der Waals surface area contributed by atoms with Crippen LogP contribution in [0.3, 0.4) is 0 Å². The highest BCUT2D eigenvalue weighted by Gasteiger charge is 2.24. The van der Waals surface area contributed by atoms with Crippen molar-refractivity contribution < 1.29 is 9.90 Å². The molecule has 1 atom stereocenters. The van der Waals surface area contributed by atoms with Gasteiger partial charge in [-0.05, 0) is 25.8 Å². The van der Waals surface area contributed by atoms with Crippen molar-refractivity contribution in [2.24, 2.45) is 7.05 Å². The molecule has 0 bridgehead atoms. The number of hydrogen-bond acceptors (Lipinski definition) is 3. The van der Waals surface area contributed by atoms with E-state index >= 15 is 0 Å². The van der Waals surface area contributed by atoms with Crippen LogP contribution < -0.4 is 0 Å². The third kappa shape index (κ3) is 3.54. The predicted octanol–water partition coefficient (Wildman–Crippen LogP) is 2.14. The van der Waals surface area contributed by atoms with Crippen molar-refractivity contribution in [3.8, 4) is 0 Å². The highest BCUT2D eigenvalue weighted by Crippen LogP contribution is 2.17. The van der Waals surface area contributed by atoms with Crippen molar-refractivity contribution in [1.82, 2.24) is 14.7 Å². The van der Waals surface area contributed by atoms with Crippen molar-refractivity contribution >= 4 is 5.91 Å². The second-order valence-corrected chi connectivity index (χ2v) is 5.55. The molecule has 1 aromatic carbocycles. The smallest absolute Gasteiger partial charge is 0.257 e. The highest BCUT2D eigenvalue weighted by molar-refractivity contribution is 5.95. The highest BCUT2D eigenvalue weighted by atomic mass is 16.3. The van der Waals surface area contributed by atoms with Gasteiger partial charge in [0.1, 0.15) is 0 Å². The fourth-order valence-electron chi connectivity index (χ4n) is 2.41. The lowest BCUT2D eigenvalue weighted by Gasteiger charge is -2.29. The van der Waals surface area contributed by atoms with Crippen LogP contribution in [0.1, 0.15) is 35.0 Å². The molecule has 0 radical (unpaired) electrons. The van der Waals surface area contributed by atoms with E-state index in [1.807, 2.05) is 51.2 Å². The van der Waals surface area contributed by atoms with E-state index in [0.29, 0.717) is 18.5 Å². The number of rotatable bonds is 6. The summed E-state index contributed by atoms with van der Waals surface area (Å²) in [5.41, 5.74) is 2.53. The van der Waals surface area contributed by atoms with Crippen LogP contribution in [-0.4, -0.2) is 38.3 Å². The summed E-state index contributed by atoms with van der Waals surface area (Å²) >= 11 is 0. The molecule has 5 heteroatoms. The van der Waals surface area contributed by atoms with E-state index in [4.69, 9.17) is 0 Å². The number of hydrogen-bond donors (Lipinski definition) is 1. The first-order chi connectivity index (χ1) is 10.5. The maximum atomic E-state index is 12.9. The zero-order valence-electron chi connectivity index (χ0n) is 13.4. The quantitative estimate of drug-likeness (QED) is 0.889. The summed E-state index contributed by atoms with van der Waals surface area (Å²) < 4.78 is 1.70. The van der Waals surface area contributed by atoms with Gasteiger partial charge in [0.2, 0.25) is 0 Å². The molecule has 0 aliphatic heterocycles. The molecule has 5 nitrogen and oxygen atoms in total. The first kappa shape index (κ1) is 16.2. The Morgan fingerprint density at radius 1 is 1.36 bits per heavy atom. The number of aliphatic hydroxyl groups excluding tert-OH is 1. The Balaban J connectivity index is 2.27. The number of benzene rings is 1. The van der Waals surface area contributed by atoms with E-state index in [0.717, 1.165) is 11.3 Å². The Hall–Kier alpha value is -2.14. The third-order valence-electron chi connectivity index (χ3n) is 4.00. The summed E-state index contributed by atoms with van der Waals surface area (Å²) in [6.45, 7) is 4.43. The number of nitrogens with zero attached hydrogens (tertiary/aromatic N) is 3. The lowest BCUT2D eigenvalue weighted by Crippen LogP contribution is -2.38. The van der Waals surface area contributed by atoms with Gasteiger partial charge in [0.15, 0.2) is 0 Å². The molecule has 1 unspecified atom stereocenters. The van der Waals surface area contributed by atoms with Gasteiger partial charge in [-0.25, -0.2) is 0 Å². The van der Waals surface area contributed by atoms with Crippen LogP contribution in [0.4, 0.5) is 0 Å². The van der Waals surface area contributed by atoms with Crippen LogP contribution in [-0.2, 0) is 13.6 Å². The Morgan fingerprint density at radius 2 is 2.05 bits per heavy atom. The average molecular weight is 301 g/mol. The number of carbonyl (C=O) groups is 1. The molecular weight excluding hydrogens is 278 g/mol. The van der Waals surface area contributed by atoms with Crippen LogP contribution in [0.25, 0.3) is 0 Å². The molecular formula is C17H23N3O2. The first-order valence-electron chi connectivity index (χ1n) is 7.49. The minimum Gasteiger partial charge on any atom is -0.396 e. The van der Waals surface area contributed by atoms with Crippen LogP contribution in [0, 0.1) is 6.92 Å². The van der Waals surface area contributed by atoms with Crippen molar-refractivity contribution in [3.63, 3.8) is 0 Å². The van der Waals surface area contributed by atoms with E-state index in [-0.39, 0.29) is 18.6 Å². The van der Waals surface area contributed by atoms with E-state index in [2.05, 4.69) is 5.10 Å². The molecule has 0 fully saturated rings. The Kier molecular flexibility index (Phi) is 5.33. The fourth-order valence-corrected chi connectivity index (χ4v) is 2.41. The van der Waals surface area contributed by atoms with Crippen molar-refractivity contribution in [2.75, 3.05) is 6.61 Å². The molecule has 1 heterocycles.